The van der Waals surface area contributed by atoms with Crippen LogP contribution in [0.1, 0.15) is 38.5 Å². The maximum atomic E-state index is 13.2. The molecule has 0 saturated carbocycles. The lowest BCUT2D eigenvalue weighted by molar-refractivity contribution is -0.141. The molecule has 1 aromatic rings. The first kappa shape index (κ1) is 25.7. The lowest BCUT2D eigenvalue weighted by Gasteiger charge is -2.35. The number of hydrogen-bond acceptors (Lipinski definition) is 5. The van der Waals surface area contributed by atoms with Crippen molar-refractivity contribution in [3.05, 3.63) is 57.8 Å². The number of nitrogens with one attached hydrogen (secondary N) is 2. The molecule has 8 nitrogen and oxygen atoms in total. The minimum atomic E-state index is -3.85. The number of amides is 1. The normalized spacial score (nSPS) is 22.4. The van der Waals surface area contributed by atoms with E-state index >= 15 is 0 Å². The third kappa shape index (κ3) is 5.25. The van der Waals surface area contributed by atoms with Gasteiger partial charge < -0.3 is 15.7 Å². The molecule has 35 heavy (non-hydrogen) atoms. The first-order valence-electron chi connectivity index (χ1n) is 11.0. The fraction of sp³-hybridized carbons (Fsp3) is 0.348. The molecule has 0 bridgehead atoms. The van der Waals surface area contributed by atoms with Gasteiger partial charge in [-0.2, -0.15) is 0 Å². The van der Waals surface area contributed by atoms with E-state index in [1.54, 1.807) is 30.4 Å². The van der Waals surface area contributed by atoms with Crippen LogP contribution in [0, 0.1) is 5.92 Å². The summed E-state index contributed by atoms with van der Waals surface area (Å²) in [6.45, 7) is 0. The van der Waals surface area contributed by atoms with E-state index in [0.717, 1.165) is 4.31 Å². The number of para-hydroxylation sites is 1. The second-order valence-electron chi connectivity index (χ2n) is 8.50. The summed E-state index contributed by atoms with van der Waals surface area (Å²) in [6.07, 6.45) is 6.07. The Hall–Kier alpha value is -2.40. The first-order chi connectivity index (χ1) is 16.6. The predicted octanol–water partition coefficient (Wildman–Crippen LogP) is 4.44. The van der Waals surface area contributed by atoms with Gasteiger partial charge in [0.1, 0.15) is 10.9 Å². The summed E-state index contributed by atoms with van der Waals surface area (Å²) in [5, 5.41) is 15.8. The topological polar surface area (TPSA) is 116 Å². The number of carboxylic acids is 1. The number of carbonyl (C=O) groups excluding carboxylic acids is 1. The molecule has 2 atom stereocenters. The number of allylic oxidation sites excluding steroid dienone is 4. The minimum absolute atomic E-state index is 0.0756. The second-order valence-corrected chi connectivity index (χ2v) is 11.5. The van der Waals surface area contributed by atoms with Crippen LogP contribution in [-0.2, 0) is 19.6 Å². The lowest BCUT2D eigenvalue weighted by Crippen LogP contribution is -2.44. The van der Waals surface area contributed by atoms with Crippen molar-refractivity contribution in [2.24, 2.45) is 5.92 Å². The second kappa shape index (κ2) is 10.3. The highest BCUT2D eigenvalue weighted by Gasteiger charge is 2.38. The molecule has 2 unspecified atom stereocenters. The Balaban J connectivity index is 1.45. The van der Waals surface area contributed by atoms with Crippen molar-refractivity contribution >= 4 is 68.1 Å². The molecule has 12 heteroatoms. The Morgan fingerprint density at radius 2 is 1.97 bits per heavy atom. The van der Waals surface area contributed by atoms with Crippen molar-refractivity contribution in [2.75, 3.05) is 5.32 Å². The van der Waals surface area contributed by atoms with Crippen LogP contribution in [0.4, 0.5) is 5.69 Å². The van der Waals surface area contributed by atoms with Crippen LogP contribution in [0.5, 0.6) is 0 Å². The fourth-order valence-electron chi connectivity index (χ4n) is 4.43. The molecule has 1 aromatic carbocycles. The smallest absolute Gasteiger partial charge is 0.326 e. The molecule has 4 rings (SSSR count). The van der Waals surface area contributed by atoms with E-state index in [1.807, 2.05) is 0 Å². The summed E-state index contributed by atoms with van der Waals surface area (Å²) in [4.78, 5) is 24.7. The molecule has 0 saturated heterocycles. The number of anilines is 1. The zero-order chi connectivity index (χ0) is 25.3. The number of carbonyl (C=O) groups is 2. The fourth-order valence-corrected chi connectivity index (χ4v) is 7.18. The molecular weight excluding hydrogens is 533 g/mol. The molecule has 1 heterocycles. The van der Waals surface area contributed by atoms with E-state index in [4.69, 9.17) is 35.4 Å². The number of halogens is 2. The number of sulfonamides is 1. The van der Waals surface area contributed by atoms with Gasteiger partial charge in [-0.1, -0.05) is 47.5 Å². The largest absolute Gasteiger partial charge is 0.480 e. The van der Waals surface area contributed by atoms with Gasteiger partial charge in [0.15, 0.2) is 5.11 Å². The molecule has 186 valence electrons. The van der Waals surface area contributed by atoms with Crippen molar-refractivity contribution in [1.29, 1.82) is 0 Å². The zero-order valence-electron chi connectivity index (χ0n) is 18.5. The molecule has 0 aromatic heterocycles. The van der Waals surface area contributed by atoms with Gasteiger partial charge in [0.05, 0.1) is 16.3 Å². The Labute approximate surface area is 218 Å². The zero-order valence-corrected chi connectivity index (χ0v) is 21.6. The molecule has 0 fully saturated rings. The highest BCUT2D eigenvalue weighted by molar-refractivity contribution is 7.92. The number of carboxylic acid groups (broad SMARTS) is 1. The molecule has 0 spiro atoms. The van der Waals surface area contributed by atoms with Gasteiger partial charge in [-0.15, -0.1) is 0 Å². The average Bonchev–Trinajstić information content (AvgIpc) is 2.79. The van der Waals surface area contributed by atoms with Crippen molar-refractivity contribution in [2.45, 2.75) is 49.5 Å². The molecule has 1 aliphatic heterocycles. The van der Waals surface area contributed by atoms with E-state index in [0.29, 0.717) is 48.5 Å². The number of benzene rings is 1. The van der Waals surface area contributed by atoms with Crippen LogP contribution in [0.3, 0.4) is 0 Å². The summed E-state index contributed by atoms with van der Waals surface area (Å²) in [5.41, 5.74) is 1.08. The predicted molar refractivity (Wildman–Crippen MR) is 137 cm³/mol. The number of hydrogen-bond donors (Lipinski definition) is 3. The molecule has 3 N–H and O–H groups in total. The van der Waals surface area contributed by atoms with Crippen molar-refractivity contribution < 1.29 is 23.1 Å². The van der Waals surface area contributed by atoms with E-state index in [2.05, 4.69) is 10.6 Å². The third-order valence-electron chi connectivity index (χ3n) is 6.18. The minimum Gasteiger partial charge on any atom is -0.480 e. The number of rotatable bonds is 6. The Morgan fingerprint density at radius 1 is 1.23 bits per heavy atom. The van der Waals surface area contributed by atoms with Gasteiger partial charge in [0.25, 0.3) is 15.9 Å². The van der Waals surface area contributed by atoms with Gasteiger partial charge in [0, 0.05) is 10.7 Å². The van der Waals surface area contributed by atoms with Gasteiger partial charge in [0.2, 0.25) is 0 Å². The summed E-state index contributed by atoms with van der Waals surface area (Å²) < 4.78 is 27.5. The standard InChI is InChI=1S/C23H23Cl2N3O5S2/c24-15-4-3-5-16(25)20(15)21(29)26-18(22(30)31)12-13-8-10-14(11-9-13)28-23(34)27-17-6-1-2-7-19(17)35(28,32)33/h1-2,4,6-7,10,13,18H,3,5,8-9,11-12H2,(H,26,29)(H,27,34)(H,30,31). The van der Waals surface area contributed by atoms with E-state index in [9.17, 15) is 23.1 Å². The lowest BCUT2D eigenvalue weighted by atomic mass is 9.87. The Morgan fingerprint density at radius 3 is 2.63 bits per heavy atom. The van der Waals surface area contributed by atoms with Crippen molar-refractivity contribution in [3.8, 4) is 0 Å². The highest BCUT2D eigenvalue weighted by atomic mass is 35.5. The summed E-state index contributed by atoms with van der Waals surface area (Å²) in [6, 6.07) is 5.41. The van der Waals surface area contributed by atoms with E-state index in [-0.39, 0.29) is 33.0 Å². The SMILES string of the molecule is O=C(NC(CC1CC=C(N2C(=S)Nc3ccccc3S2(=O)=O)CC1)C(=O)O)C1=C(Cl)CCC=C1Cl. The summed E-state index contributed by atoms with van der Waals surface area (Å²) >= 11 is 17.6. The van der Waals surface area contributed by atoms with Crippen LogP contribution in [0.25, 0.3) is 0 Å². The summed E-state index contributed by atoms with van der Waals surface area (Å²) in [5.74, 6) is -1.87. The average molecular weight is 556 g/mol. The van der Waals surface area contributed by atoms with E-state index in [1.165, 1.54) is 6.07 Å². The van der Waals surface area contributed by atoms with Crippen molar-refractivity contribution in [1.82, 2.24) is 9.62 Å². The van der Waals surface area contributed by atoms with Crippen LogP contribution >= 0.6 is 35.4 Å². The van der Waals surface area contributed by atoms with Crippen LogP contribution in [-0.4, -0.2) is 40.9 Å². The molecular formula is C23H23Cl2N3O5S2. The molecule has 3 aliphatic rings. The quantitative estimate of drug-likeness (QED) is 0.444. The maximum absolute atomic E-state index is 13.2. The monoisotopic (exact) mass is 555 g/mol. The van der Waals surface area contributed by atoms with Gasteiger partial charge in [-0.3, -0.25) is 4.79 Å². The third-order valence-corrected chi connectivity index (χ3v) is 9.12. The van der Waals surface area contributed by atoms with Crippen LogP contribution in [0.15, 0.2) is 62.6 Å². The maximum Gasteiger partial charge on any atom is 0.326 e. The Bertz CT molecular complexity index is 1290. The molecule has 1 amide bonds. The van der Waals surface area contributed by atoms with Crippen LogP contribution < -0.4 is 10.6 Å². The van der Waals surface area contributed by atoms with Gasteiger partial charge in [-0.25, -0.2) is 17.5 Å². The number of fused-ring (bicyclic) bond motifs is 1. The van der Waals surface area contributed by atoms with Gasteiger partial charge in [-0.05, 0) is 68.8 Å². The number of nitrogens with zero attached hydrogens (tertiary/aromatic N) is 1. The highest BCUT2D eigenvalue weighted by Crippen LogP contribution is 2.37. The van der Waals surface area contributed by atoms with Crippen LogP contribution in [0.2, 0.25) is 0 Å². The van der Waals surface area contributed by atoms with Gasteiger partial charge >= 0.3 is 5.97 Å². The Kier molecular flexibility index (Phi) is 7.56. The summed E-state index contributed by atoms with van der Waals surface area (Å²) in [7, 11) is -3.85. The molecule has 0 radical (unpaired) electrons. The molecule has 2 aliphatic carbocycles. The number of thiocarbonyl (C=S) groups is 1. The first-order valence-corrected chi connectivity index (χ1v) is 13.6. The number of aliphatic carboxylic acids is 1. The van der Waals surface area contributed by atoms with E-state index < -0.39 is 27.9 Å². The van der Waals surface area contributed by atoms with Crippen molar-refractivity contribution in [3.63, 3.8) is 0 Å².